The van der Waals surface area contributed by atoms with Crippen molar-refractivity contribution in [1.29, 1.82) is 0 Å². The Bertz CT molecular complexity index is 135. The molecule has 0 aromatic heterocycles. The molecular weight excluding hydrogens is 174 g/mol. The molecule has 0 unspecified atom stereocenters. The van der Waals surface area contributed by atoms with Gasteiger partial charge in [0.05, 0.1) is 6.10 Å². The van der Waals surface area contributed by atoms with Crippen molar-refractivity contribution < 1.29 is 5.11 Å². The lowest BCUT2D eigenvalue weighted by atomic mass is 9.73. The molecule has 0 amide bonds. The molecule has 0 atom stereocenters. The fourth-order valence-electron chi connectivity index (χ4n) is 2.44. The molecular formula is C9H18ClNO. The van der Waals surface area contributed by atoms with Crippen molar-refractivity contribution in [3.63, 3.8) is 0 Å². The van der Waals surface area contributed by atoms with E-state index in [1.807, 2.05) is 0 Å². The minimum absolute atomic E-state index is 0. The van der Waals surface area contributed by atoms with E-state index < -0.39 is 0 Å². The number of hydrogen-bond acceptors (Lipinski definition) is 2. The maximum absolute atomic E-state index is 9.33. The summed E-state index contributed by atoms with van der Waals surface area (Å²) in [6.45, 7) is 2.38. The van der Waals surface area contributed by atoms with E-state index in [1.165, 1.54) is 32.4 Å². The van der Waals surface area contributed by atoms with Crippen LogP contribution < -0.4 is 5.32 Å². The summed E-state index contributed by atoms with van der Waals surface area (Å²) in [7, 11) is 0. The third-order valence-corrected chi connectivity index (χ3v) is 3.35. The lowest BCUT2D eigenvalue weighted by Gasteiger charge is -2.34. The van der Waals surface area contributed by atoms with Crippen LogP contribution in [-0.2, 0) is 0 Å². The maximum Gasteiger partial charge on any atom is 0.0540 e. The highest BCUT2D eigenvalue weighted by molar-refractivity contribution is 5.85. The minimum atomic E-state index is 0. The average molecular weight is 192 g/mol. The zero-order chi connectivity index (χ0) is 7.73. The zero-order valence-corrected chi connectivity index (χ0v) is 8.20. The first-order valence-electron chi connectivity index (χ1n) is 4.70. The molecule has 0 aromatic rings. The summed E-state index contributed by atoms with van der Waals surface area (Å²) in [6.07, 6.45) is 5.87. The summed E-state index contributed by atoms with van der Waals surface area (Å²) in [5.41, 5.74) is 0.583. The Hall–Kier alpha value is 0.210. The number of nitrogens with one attached hydrogen (secondary N) is 1. The van der Waals surface area contributed by atoms with Gasteiger partial charge in [0.25, 0.3) is 0 Å². The van der Waals surface area contributed by atoms with Gasteiger partial charge in [-0.2, -0.15) is 0 Å². The van der Waals surface area contributed by atoms with Crippen molar-refractivity contribution >= 4 is 12.4 Å². The second-order valence-corrected chi connectivity index (χ2v) is 4.16. The van der Waals surface area contributed by atoms with E-state index >= 15 is 0 Å². The number of aliphatic hydroxyl groups excluding tert-OH is 1. The second-order valence-electron chi connectivity index (χ2n) is 4.16. The third kappa shape index (κ3) is 1.93. The molecule has 72 valence electrons. The normalized spacial score (nSPS) is 41.2. The fourth-order valence-corrected chi connectivity index (χ4v) is 2.44. The van der Waals surface area contributed by atoms with Crippen LogP contribution in [0.2, 0.25) is 0 Å². The third-order valence-electron chi connectivity index (χ3n) is 3.35. The first-order valence-corrected chi connectivity index (χ1v) is 4.70. The summed E-state index contributed by atoms with van der Waals surface area (Å²) in [5.74, 6) is 0. The van der Waals surface area contributed by atoms with Crippen LogP contribution in [0.3, 0.4) is 0 Å². The monoisotopic (exact) mass is 191 g/mol. The van der Waals surface area contributed by atoms with Gasteiger partial charge in [0, 0.05) is 6.54 Å². The lowest BCUT2D eigenvalue weighted by Crippen LogP contribution is -2.31. The highest BCUT2D eigenvalue weighted by Crippen LogP contribution is 2.40. The Morgan fingerprint density at radius 3 is 2.33 bits per heavy atom. The van der Waals surface area contributed by atoms with Gasteiger partial charge in [0.1, 0.15) is 0 Å². The molecule has 1 aliphatic carbocycles. The predicted molar refractivity (Wildman–Crippen MR) is 51.6 cm³/mol. The number of hydrogen-bond donors (Lipinski definition) is 2. The molecule has 0 bridgehead atoms. The van der Waals surface area contributed by atoms with Crippen molar-refractivity contribution in [2.75, 3.05) is 13.1 Å². The number of rotatable bonds is 0. The van der Waals surface area contributed by atoms with Gasteiger partial charge in [-0.3, -0.25) is 0 Å². The maximum atomic E-state index is 9.33. The van der Waals surface area contributed by atoms with Gasteiger partial charge in [0.15, 0.2) is 0 Å². The Kier molecular flexibility index (Phi) is 3.38. The Morgan fingerprint density at radius 2 is 1.83 bits per heavy atom. The van der Waals surface area contributed by atoms with E-state index in [0.717, 1.165) is 12.8 Å². The van der Waals surface area contributed by atoms with E-state index in [4.69, 9.17) is 0 Å². The Labute approximate surface area is 80.1 Å². The van der Waals surface area contributed by atoms with Crippen LogP contribution in [0.25, 0.3) is 0 Å². The van der Waals surface area contributed by atoms with Gasteiger partial charge in [-0.05, 0) is 44.1 Å². The molecule has 0 aromatic carbocycles. The topological polar surface area (TPSA) is 32.3 Å². The van der Waals surface area contributed by atoms with E-state index in [2.05, 4.69) is 5.32 Å². The van der Waals surface area contributed by atoms with Gasteiger partial charge in [0.2, 0.25) is 0 Å². The van der Waals surface area contributed by atoms with Crippen molar-refractivity contribution in [3.05, 3.63) is 0 Å². The smallest absolute Gasteiger partial charge is 0.0540 e. The van der Waals surface area contributed by atoms with E-state index in [-0.39, 0.29) is 18.5 Å². The van der Waals surface area contributed by atoms with Crippen LogP contribution in [-0.4, -0.2) is 24.3 Å². The molecule has 2 N–H and O–H groups in total. The SMILES string of the molecule is Cl.OC1CCC2(CCNC2)CC1. The van der Waals surface area contributed by atoms with E-state index in [0.29, 0.717) is 5.41 Å². The van der Waals surface area contributed by atoms with Crippen LogP contribution in [0.5, 0.6) is 0 Å². The molecule has 1 heterocycles. The van der Waals surface area contributed by atoms with Gasteiger partial charge in [-0.1, -0.05) is 0 Å². The van der Waals surface area contributed by atoms with Crippen molar-refractivity contribution in [2.45, 2.75) is 38.2 Å². The molecule has 0 radical (unpaired) electrons. The predicted octanol–water partition coefficient (Wildman–Crippen LogP) is 1.32. The average Bonchev–Trinajstić information content (AvgIpc) is 2.45. The molecule has 2 aliphatic rings. The van der Waals surface area contributed by atoms with E-state index in [1.54, 1.807) is 0 Å². The standard InChI is InChI=1S/C9H17NO.ClH/c11-8-1-3-9(4-2-8)5-6-10-7-9;/h8,10-11H,1-7H2;1H. The Balaban J connectivity index is 0.000000720. The highest BCUT2D eigenvalue weighted by atomic mass is 35.5. The largest absolute Gasteiger partial charge is 0.393 e. The summed E-state index contributed by atoms with van der Waals surface area (Å²) in [4.78, 5) is 0. The first kappa shape index (κ1) is 10.3. The molecule has 12 heavy (non-hydrogen) atoms. The Morgan fingerprint density at radius 1 is 1.17 bits per heavy atom. The number of halogens is 1. The summed E-state index contributed by atoms with van der Waals surface area (Å²) in [6, 6.07) is 0. The van der Waals surface area contributed by atoms with E-state index in [9.17, 15) is 5.11 Å². The van der Waals surface area contributed by atoms with Gasteiger partial charge < -0.3 is 10.4 Å². The molecule has 2 nitrogen and oxygen atoms in total. The first-order chi connectivity index (χ1) is 5.31. The number of aliphatic hydroxyl groups is 1. The molecule has 2 fully saturated rings. The molecule has 1 saturated heterocycles. The summed E-state index contributed by atoms with van der Waals surface area (Å²) >= 11 is 0. The van der Waals surface area contributed by atoms with Crippen LogP contribution in [0.1, 0.15) is 32.1 Å². The van der Waals surface area contributed by atoms with Crippen molar-refractivity contribution in [1.82, 2.24) is 5.32 Å². The highest BCUT2D eigenvalue weighted by Gasteiger charge is 2.36. The molecule has 3 heteroatoms. The van der Waals surface area contributed by atoms with Crippen molar-refractivity contribution in [2.24, 2.45) is 5.41 Å². The molecule has 1 saturated carbocycles. The van der Waals surface area contributed by atoms with Crippen LogP contribution in [0.15, 0.2) is 0 Å². The quantitative estimate of drug-likeness (QED) is 0.606. The summed E-state index contributed by atoms with van der Waals surface area (Å²) < 4.78 is 0. The molecule has 1 aliphatic heterocycles. The van der Waals surface area contributed by atoms with Crippen LogP contribution in [0, 0.1) is 5.41 Å². The van der Waals surface area contributed by atoms with Crippen molar-refractivity contribution in [3.8, 4) is 0 Å². The van der Waals surface area contributed by atoms with Crippen LogP contribution in [0.4, 0.5) is 0 Å². The molecule has 1 spiro atoms. The molecule has 2 rings (SSSR count). The zero-order valence-electron chi connectivity index (χ0n) is 7.38. The van der Waals surface area contributed by atoms with Crippen LogP contribution >= 0.6 is 12.4 Å². The minimum Gasteiger partial charge on any atom is -0.393 e. The summed E-state index contributed by atoms with van der Waals surface area (Å²) in [5, 5.41) is 12.7. The lowest BCUT2D eigenvalue weighted by molar-refractivity contribution is 0.0721. The fraction of sp³-hybridized carbons (Fsp3) is 1.00. The van der Waals surface area contributed by atoms with Gasteiger partial charge >= 0.3 is 0 Å². The van der Waals surface area contributed by atoms with Gasteiger partial charge in [-0.25, -0.2) is 0 Å². The van der Waals surface area contributed by atoms with Gasteiger partial charge in [-0.15, -0.1) is 12.4 Å². The second kappa shape index (κ2) is 3.95.